The molecule has 82 valence electrons. The summed E-state index contributed by atoms with van der Waals surface area (Å²) in [5, 5.41) is 0. The van der Waals surface area contributed by atoms with E-state index in [4.69, 9.17) is 15.2 Å². The number of benzene rings is 1. The highest BCUT2D eigenvalue weighted by Crippen LogP contribution is 2.29. The van der Waals surface area contributed by atoms with Gasteiger partial charge >= 0.3 is 0 Å². The van der Waals surface area contributed by atoms with Crippen LogP contribution >= 0.6 is 15.9 Å². The number of nitrogens with two attached hydrogens (primary N) is 1. The van der Waals surface area contributed by atoms with Crippen LogP contribution in [0.1, 0.15) is 12.8 Å². The highest BCUT2D eigenvalue weighted by molar-refractivity contribution is 9.10. The Morgan fingerprint density at radius 1 is 1.33 bits per heavy atom. The van der Waals surface area contributed by atoms with Crippen LogP contribution in [0.2, 0.25) is 0 Å². The number of anilines is 1. The summed E-state index contributed by atoms with van der Waals surface area (Å²) in [6, 6.07) is 5.60. The smallest absolute Gasteiger partial charge is 0.134 e. The van der Waals surface area contributed by atoms with Gasteiger partial charge in [-0.25, -0.2) is 0 Å². The van der Waals surface area contributed by atoms with E-state index < -0.39 is 0 Å². The Hall–Kier alpha value is -0.740. The maximum Gasteiger partial charge on any atom is 0.134 e. The van der Waals surface area contributed by atoms with Crippen LogP contribution in [-0.4, -0.2) is 19.3 Å². The number of halogens is 1. The van der Waals surface area contributed by atoms with Crippen LogP contribution < -0.4 is 10.5 Å². The van der Waals surface area contributed by atoms with Crippen LogP contribution in [0.15, 0.2) is 22.7 Å². The molecule has 2 rings (SSSR count). The standard InChI is InChI=1S/C11H14BrNO2/c12-10-7-8(13)1-2-11(10)15-9-3-5-14-6-4-9/h1-2,7,9H,3-6,13H2. The maximum atomic E-state index is 5.86. The molecule has 0 radical (unpaired) electrons. The largest absolute Gasteiger partial charge is 0.489 e. The molecule has 3 nitrogen and oxygen atoms in total. The van der Waals surface area contributed by atoms with Crippen LogP contribution in [-0.2, 0) is 4.74 Å². The topological polar surface area (TPSA) is 44.5 Å². The lowest BCUT2D eigenvalue weighted by Crippen LogP contribution is -2.25. The maximum absolute atomic E-state index is 5.86. The van der Waals surface area contributed by atoms with Gasteiger partial charge in [-0.3, -0.25) is 0 Å². The van der Waals surface area contributed by atoms with Crippen molar-refractivity contribution in [3.8, 4) is 5.75 Å². The van der Waals surface area contributed by atoms with Crippen molar-refractivity contribution in [2.75, 3.05) is 18.9 Å². The van der Waals surface area contributed by atoms with Gasteiger partial charge in [0, 0.05) is 18.5 Å². The Morgan fingerprint density at radius 2 is 2.07 bits per heavy atom. The van der Waals surface area contributed by atoms with Gasteiger partial charge in [-0.2, -0.15) is 0 Å². The van der Waals surface area contributed by atoms with Gasteiger partial charge in [-0.05, 0) is 34.1 Å². The highest BCUT2D eigenvalue weighted by atomic mass is 79.9. The molecule has 1 aromatic carbocycles. The quantitative estimate of drug-likeness (QED) is 0.841. The fourth-order valence-electron chi connectivity index (χ4n) is 1.59. The first kappa shape index (κ1) is 10.8. The summed E-state index contributed by atoms with van der Waals surface area (Å²) in [5.74, 6) is 0.858. The average molecular weight is 272 g/mol. The Kier molecular flexibility index (Phi) is 3.49. The summed E-state index contributed by atoms with van der Waals surface area (Å²) < 4.78 is 12.0. The molecule has 1 aliphatic heterocycles. The van der Waals surface area contributed by atoms with E-state index in [1.807, 2.05) is 18.2 Å². The average Bonchev–Trinajstić information content (AvgIpc) is 2.24. The number of ether oxygens (including phenoxy) is 2. The van der Waals surface area contributed by atoms with E-state index in [1.54, 1.807) is 0 Å². The lowest BCUT2D eigenvalue weighted by Gasteiger charge is -2.23. The zero-order chi connectivity index (χ0) is 10.7. The van der Waals surface area contributed by atoms with Crippen LogP contribution in [0, 0.1) is 0 Å². The van der Waals surface area contributed by atoms with E-state index in [2.05, 4.69) is 15.9 Å². The number of nitrogen functional groups attached to an aromatic ring is 1. The van der Waals surface area contributed by atoms with E-state index in [0.29, 0.717) is 0 Å². The normalized spacial score (nSPS) is 17.7. The van der Waals surface area contributed by atoms with Gasteiger partial charge < -0.3 is 15.2 Å². The molecule has 1 heterocycles. The second kappa shape index (κ2) is 4.86. The Labute approximate surface area is 97.7 Å². The molecular weight excluding hydrogens is 258 g/mol. The number of hydrogen-bond donors (Lipinski definition) is 1. The van der Waals surface area contributed by atoms with Gasteiger partial charge in [0.25, 0.3) is 0 Å². The molecule has 0 aliphatic carbocycles. The van der Waals surface area contributed by atoms with Gasteiger partial charge in [0.15, 0.2) is 0 Å². The van der Waals surface area contributed by atoms with Crippen molar-refractivity contribution in [1.29, 1.82) is 0 Å². The Morgan fingerprint density at radius 3 is 2.73 bits per heavy atom. The molecule has 0 amide bonds. The molecule has 15 heavy (non-hydrogen) atoms. The minimum absolute atomic E-state index is 0.263. The first-order valence-electron chi connectivity index (χ1n) is 5.05. The molecule has 0 aromatic heterocycles. The zero-order valence-electron chi connectivity index (χ0n) is 8.41. The summed E-state index contributed by atoms with van der Waals surface area (Å²) in [4.78, 5) is 0. The zero-order valence-corrected chi connectivity index (χ0v) is 10.00. The lowest BCUT2D eigenvalue weighted by molar-refractivity contribution is 0.0253. The lowest BCUT2D eigenvalue weighted by atomic mass is 10.1. The Bertz CT molecular complexity index is 337. The fourth-order valence-corrected chi connectivity index (χ4v) is 2.08. The van der Waals surface area contributed by atoms with E-state index in [-0.39, 0.29) is 6.10 Å². The van der Waals surface area contributed by atoms with E-state index >= 15 is 0 Å². The molecule has 0 saturated carbocycles. The van der Waals surface area contributed by atoms with Gasteiger partial charge in [-0.15, -0.1) is 0 Å². The molecule has 1 aliphatic rings. The van der Waals surface area contributed by atoms with Gasteiger partial charge in [0.1, 0.15) is 11.9 Å². The SMILES string of the molecule is Nc1ccc(OC2CCOCC2)c(Br)c1. The third-order valence-corrected chi connectivity index (χ3v) is 3.04. The molecule has 0 bridgehead atoms. The third-order valence-electron chi connectivity index (χ3n) is 2.42. The van der Waals surface area contributed by atoms with Crippen molar-refractivity contribution >= 4 is 21.6 Å². The molecule has 2 N–H and O–H groups in total. The van der Waals surface area contributed by atoms with Crippen molar-refractivity contribution in [3.63, 3.8) is 0 Å². The molecule has 0 unspecified atom stereocenters. The van der Waals surface area contributed by atoms with Crippen LogP contribution in [0.4, 0.5) is 5.69 Å². The van der Waals surface area contributed by atoms with Crippen molar-refractivity contribution in [2.24, 2.45) is 0 Å². The van der Waals surface area contributed by atoms with Crippen molar-refractivity contribution in [3.05, 3.63) is 22.7 Å². The van der Waals surface area contributed by atoms with Crippen molar-refractivity contribution in [2.45, 2.75) is 18.9 Å². The van der Waals surface area contributed by atoms with Gasteiger partial charge in [0.05, 0.1) is 17.7 Å². The summed E-state index contributed by atoms with van der Waals surface area (Å²) in [7, 11) is 0. The minimum atomic E-state index is 0.263. The molecular formula is C11H14BrNO2. The second-order valence-corrected chi connectivity index (χ2v) is 4.47. The molecule has 0 spiro atoms. The summed E-state index contributed by atoms with van der Waals surface area (Å²) in [6.07, 6.45) is 2.17. The van der Waals surface area contributed by atoms with E-state index in [0.717, 1.165) is 42.0 Å². The van der Waals surface area contributed by atoms with Crippen molar-refractivity contribution in [1.82, 2.24) is 0 Å². The molecule has 1 fully saturated rings. The number of rotatable bonds is 2. The van der Waals surface area contributed by atoms with E-state index in [9.17, 15) is 0 Å². The van der Waals surface area contributed by atoms with Crippen LogP contribution in [0.3, 0.4) is 0 Å². The van der Waals surface area contributed by atoms with Gasteiger partial charge in [-0.1, -0.05) is 0 Å². The van der Waals surface area contributed by atoms with Gasteiger partial charge in [0.2, 0.25) is 0 Å². The second-order valence-electron chi connectivity index (χ2n) is 3.62. The first-order chi connectivity index (χ1) is 7.25. The van der Waals surface area contributed by atoms with Crippen molar-refractivity contribution < 1.29 is 9.47 Å². The predicted molar refractivity (Wildman–Crippen MR) is 63.0 cm³/mol. The van der Waals surface area contributed by atoms with E-state index in [1.165, 1.54) is 0 Å². The third kappa shape index (κ3) is 2.86. The summed E-state index contributed by atoms with van der Waals surface area (Å²) >= 11 is 3.44. The Balaban J connectivity index is 2.03. The summed E-state index contributed by atoms with van der Waals surface area (Å²) in [6.45, 7) is 1.58. The molecule has 1 saturated heterocycles. The molecule has 0 atom stereocenters. The molecule has 4 heteroatoms. The highest BCUT2D eigenvalue weighted by Gasteiger charge is 2.16. The predicted octanol–water partition coefficient (Wildman–Crippen LogP) is 2.59. The monoisotopic (exact) mass is 271 g/mol. The van der Waals surface area contributed by atoms with Crippen LogP contribution in [0.5, 0.6) is 5.75 Å². The molecule has 1 aromatic rings. The van der Waals surface area contributed by atoms with Crippen LogP contribution in [0.25, 0.3) is 0 Å². The number of hydrogen-bond acceptors (Lipinski definition) is 3. The summed E-state index contributed by atoms with van der Waals surface area (Å²) in [5.41, 5.74) is 6.39. The fraction of sp³-hybridized carbons (Fsp3) is 0.455. The minimum Gasteiger partial charge on any atom is -0.489 e. The first-order valence-corrected chi connectivity index (χ1v) is 5.84.